The number of ether oxygens (including phenoxy) is 1. The lowest BCUT2D eigenvalue weighted by atomic mass is 10.2. The number of nitrogens with zero attached hydrogens (tertiary/aromatic N) is 2. The highest BCUT2D eigenvalue weighted by Gasteiger charge is 2.24. The van der Waals surface area contributed by atoms with Crippen LogP contribution in [0.25, 0.3) is 0 Å². The minimum Gasteiger partial charge on any atom is -0.379 e. The molecule has 8 heteroatoms. The van der Waals surface area contributed by atoms with E-state index in [4.69, 9.17) is 4.74 Å². The Morgan fingerprint density at radius 1 is 1.19 bits per heavy atom. The second-order valence-electron chi connectivity index (χ2n) is 6.80. The number of sulfonamides is 1. The van der Waals surface area contributed by atoms with Crippen molar-refractivity contribution >= 4 is 21.6 Å². The molecule has 0 bridgehead atoms. The van der Waals surface area contributed by atoms with Gasteiger partial charge < -0.3 is 9.64 Å². The minimum atomic E-state index is -3.54. The number of carbonyl (C=O) groups excluding carboxylic acids is 1. The Hall–Kier alpha value is -1.48. The van der Waals surface area contributed by atoms with Crippen LogP contribution in [-0.2, 0) is 19.6 Å². The molecule has 1 N–H and O–H groups in total. The van der Waals surface area contributed by atoms with E-state index in [1.165, 1.54) is 0 Å². The van der Waals surface area contributed by atoms with Crippen LogP contribution in [0, 0.1) is 6.92 Å². The molecule has 2 saturated heterocycles. The summed E-state index contributed by atoms with van der Waals surface area (Å²) in [5.74, 6) is 0.102. The van der Waals surface area contributed by atoms with Crippen LogP contribution >= 0.6 is 0 Å². The third kappa shape index (κ3) is 4.62. The van der Waals surface area contributed by atoms with E-state index in [0.29, 0.717) is 19.5 Å². The van der Waals surface area contributed by atoms with Gasteiger partial charge in [0.25, 0.3) is 0 Å². The molecule has 1 aromatic carbocycles. The lowest BCUT2D eigenvalue weighted by molar-refractivity contribution is -0.117. The van der Waals surface area contributed by atoms with Crippen LogP contribution in [0.15, 0.2) is 23.1 Å². The van der Waals surface area contributed by atoms with Gasteiger partial charge in [-0.1, -0.05) is 0 Å². The summed E-state index contributed by atoms with van der Waals surface area (Å²) < 4.78 is 33.0. The van der Waals surface area contributed by atoms with Crippen molar-refractivity contribution in [2.24, 2.45) is 0 Å². The fourth-order valence-electron chi connectivity index (χ4n) is 3.42. The van der Waals surface area contributed by atoms with Crippen molar-refractivity contribution in [1.82, 2.24) is 9.62 Å². The predicted octanol–water partition coefficient (Wildman–Crippen LogP) is 1.12. The Bertz CT molecular complexity index is 745. The summed E-state index contributed by atoms with van der Waals surface area (Å²) in [6, 6.07) is 4.96. The number of amides is 1. The number of anilines is 1. The van der Waals surface area contributed by atoms with E-state index < -0.39 is 10.0 Å². The number of rotatable bonds is 7. The van der Waals surface area contributed by atoms with Crippen molar-refractivity contribution in [3.63, 3.8) is 0 Å². The summed E-state index contributed by atoms with van der Waals surface area (Å²) in [5, 5.41) is 0. The molecule has 1 amide bonds. The lowest BCUT2D eigenvalue weighted by Crippen LogP contribution is -2.38. The molecule has 0 aliphatic carbocycles. The maximum Gasteiger partial charge on any atom is 0.240 e. The van der Waals surface area contributed by atoms with E-state index >= 15 is 0 Å². The number of hydrogen-bond acceptors (Lipinski definition) is 5. The summed E-state index contributed by atoms with van der Waals surface area (Å²) >= 11 is 0. The molecule has 0 spiro atoms. The van der Waals surface area contributed by atoms with E-state index in [2.05, 4.69) is 9.62 Å². The van der Waals surface area contributed by atoms with Crippen molar-refractivity contribution in [1.29, 1.82) is 0 Å². The maximum absolute atomic E-state index is 12.5. The average molecular weight is 381 g/mol. The van der Waals surface area contributed by atoms with Crippen molar-refractivity contribution in [3.8, 4) is 0 Å². The van der Waals surface area contributed by atoms with E-state index in [1.54, 1.807) is 23.1 Å². The van der Waals surface area contributed by atoms with E-state index in [1.807, 2.05) is 6.92 Å². The van der Waals surface area contributed by atoms with Crippen LogP contribution in [-0.4, -0.2) is 65.2 Å². The predicted molar refractivity (Wildman–Crippen MR) is 99.8 cm³/mol. The summed E-state index contributed by atoms with van der Waals surface area (Å²) in [6.45, 7) is 7.12. The Balaban J connectivity index is 1.56. The van der Waals surface area contributed by atoms with Crippen molar-refractivity contribution in [2.45, 2.75) is 31.1 Å². The first-order valence-corrected chi connectivity index (χ1v) is 10.7. The summed E-state index contributed by atoms with van der Waals surface area (Å²) in [6.07, 6.45) is 2.17. The summed E-state index contributed by atoms with van der Waals surface area (Å²) in [7, 11) is -3.54. The zero-order chi connectivity index (χ0) is 18.6. The first-order valence-electron chi connectivity index (χ1n) is 9.18. The minimum absolute atomic E-state index is 0.102. The second kappa shape index (κ2) is 8.47. The van der Waals surface area contributed by atoms with Gasteiger partial charge in [0, 0.05) is 38.3 Å². The van der Waals surface area contributed by atoms with E-state index in [9.17, 15) is 13.2 Å². The quantitative estimate of drug-likeness (QED) is 0.716. The van der Waals surface area contributed by atoms with Crippen LogP contribution in [0.2, 0.25) is 0 Å². The first-order chi connectivity index (χ1) is 12.5. The van der Waals surface area contributed by atoms with Crippen molar-refractivity contribution in [2.75, 3.05) is 50.8 Å². The lowest BCUT2D eigenvalue weighted by Gasteiger charge is -2.26. The van der Waals surface area contributed by atoms with Crippen molar-refractivity contribution < 1.29 is 17.9 Å². The summed E-state index contributed by atoms with van der Waals surface area (Å²) in [5.41, 5.74) is 1.61. The van der Waals surface area contributed by atoms with E-state index in [0.717, 1.165) is 56.9 Å². The second-order valence-corrected chi connectivity index (χ2v) is 8.57. The first kappa shape index (κ1) is 19.3. The van der Waals surface area contributed by atoms with Crippen LogP contribution in [0.5, 0.6) is 0 Å². The van der Waals surface area contributed by atoms with E-state index in [-0.39, 0.29) is 10.8 Å². The highest BCUT2D eigenvalue weighted by molar-refractivity contribution is 7.89. The van der Waals surface area contributed by atoms with Gasteiger partial charge in [0.2, 0.25) is 15.9 Å². The molecular weight excluding hydrogens is 354 g/mol. The normalized spacial score (nSPS) is 19.3. The molecule has 0 radical (unpaired) electrons. The topological polar surface area (TPSA) is 79.0 Å². The molecule has 0 aromatic heterocycles. The van der Waals surface area contributed by atoms with Gasteiger partial charge in [0.15, 0.2) is 0 Å². The number of benzene rings is 1. The third-order valence-electron chi connectivity index (χ3n) is 4.89. The number of nitrogens with one attached hydrogen (secondary N) is 1. The Labute approximate surface area is 155 Å². The molecule has 2 aliphatic rings. The van der Waals surface area contributed by atoms with Crippen LogP contribution in [0.4, 0.5) is 5.69 Å². The molecule has 2 fully saturated rings. The number of morpholine rings is 1. The number of carbonyl (C=O) groups is 1. The SMILES string of the molecule is Cc1cc(S(=O)(=O)NCCCN2CCOCC2)ccc1N1CCCC1=O. The number of hydrogen-bond donors (Lipinski definition) is 1. The maximum atomic E-state index is 12.5. The van der Waals surface area contributed by atoms with Gasteiger partial charge in [0.1, 0.15) is 0 Å². The van der Waals surface area contributed by atoms with Gasteiger partial charge in [-0.3, -0.25) is 9.69 Å². The zero-order valence-corrected chi connectivity index (χ0v) is 16.1. The standard InChI is InChI=1S/C18H27N3O4S/c1-15-14-16(5-6-17(15)21-9-2-4-18(21)22)26(23,24)19-7-3-8-20-10-12-25-13-11-20/h5-6,14,19H,2-4,7-13H2,1H3. The van der Waals surface area contributed by atoms with Crippen LogP contribution in [0.1, 0.15) is 24.8 Å². The van der Waals surface area contributed by atoms with Crippen LogP contribution in [0.3, 0.4) is 0 Å². The monoisotopic (exact) mass is 381 g/mol. The Morgan fingerprint density at radius 3 is 2.62 bits per heavy atom. The van der Waals surface area contributed by atoms with Crippen LogP contribution < -0.4 is 9.62 Å². The molecule has 26 heavy (non-hydrogen) atoms. The molecular formula is C18H27N3O4S. The fourth-order valence-corrected chi connectivity index (χ4v) is 4.58. The summed E-state index contributed by atoms with van der Waals surface area (Å²) in [4.78, 5) is 16.2. The molecule has 144 valence electrons. The van der Waals surface area contributed by atoms with Gasteiger partial charge in [-0.2, -0.15) is 0 Å². The molecule has 0 saturated carbocycles. The molecule has 2 aliphatic heterocycles. The molecule has 0 unspecified atom stereocenters. The molecule has 0 atom stereocenters. The van der Waals surface area contributed by atoms with Gasteiger partial charge >= 0.3 is 0 Å². The molecule has 7 nitrogen and oxygen atoms in total. The smallest absolute Gasteiger partial charge is 0.240 e. The van der Waals surface area contributed by atoms with Gasteiger partial charge in [-0.05, 0) is 50.1 Å². The van der Waals surface area contributed by atoms with Crippen molar-refractivity contribution in [3.05, 3.63) is 23.8 Å². The largest absolute Gasteiger partial charge is 0.379 e. The molecule has 1 aromatic rings. The zero-order valence-electron chi connectivity index (χ0n) is 15.2. The number of aryl methyl sites for hydroxylation is 1. The third-order valence-corrected chi connectivity index (χ3v) is 6.35. The highest BCUT2D eigenvalue weighted by atomic mass is 32.2. The average Bonchev–Trinajstić information content (AvgIpc) is 3.05. The van der Waals surface area contributed by atoms with Gasteiger partial charge in [-0.25, -0.2) is 13.1 Å². The van der Waals surface area contributed by atoms with Gasteiger partial charge in [0.05, 0.1) is 18.1 Å². The highest BCUT2D eigenvalue weighted by Crippen LogP contribution is 2.27. The molecule has 2 heterocycles. The molecule has 3 rings (SSSR count). The Kier molecular flexibility index (Phi) is 6.29. The fraction of sp³-hybridized carbons (Fsp3) is 0.611. The van der Waals surface area contributed by atoms with Gasteiger partial charge in [-0.15, -0.1) is 0 Å². The Morgan fingerprint density at radius 2 is 1.96 bits per heavy atom.